The molecule has 4 rings (SSSR count). The number of benzene rings is 2. The third kappa shape index (κ3) is 3.31. The summed E-state index contributed by atoms with van der Waals surface area (Å²) in [6, 6.07) is 14.2. The van der Waals surface area contributed by atoms with E-state index in [1.165, 1.54) is 16.7 Å². The van der Waals surface area contributed by atoms with Crippen LogP contribution in [0.5, 0.6) is 0 Å². The molecule has 3 aromatic rings. The summed E-state index contributed by atoms with van der Waals surface area (Å²) in [4.78, 5) is 4.53. The molecule has 0 saturated carbocycles. The van der Waals surface area contributed by atoms with Gasteiger partial charge in [0.05, 0.1) is 0 Å². The van der Waals surface area contributed by atoms with Crippen LogP contribution in [0.15, 0.2) is 47.0 Å². The third-order valence-electron chi connectivity index (χ3n) is 4.68. The van der Waals surface area contributed by atoms with E-state index in [-0.39, 0.29) is 12.1 Å². The van der Waals surface area contributed by atoms with E-state index in [0.29, 0.717) is 16.7 Å². The summed E-state index contributed by atoms with van der Waals surface area (Å²) < 4.78 is 5.46. The third-order valence-corrected chi connectivity index (χ3v) is 4.93. The van der Waals surface area contributed by atoms with Gasteiger partial charge in [-0.1, -0.05) is 35.0 Å². The highest BCUT2D eigenvalue weighted by Gasteiger charge is 2.30. The number of rotatable bonds is 3. The first-order valence-corrected chi connectivity index (χ1v) is 8.66. The quantitative estimate of drug-likeness (QED) is 0.734. The summed E-state index contributed by atoms with van der Waals surface area (Å²) in [6.45, 7) is 4.26. The van der Waals surface area contributed by atoms with Crippen molar-refractivity contribution in [3.63, 3.8) is 0 Å². The lowest BCUT2D eigenvalue weighted by Crippen LogP contribution is -2.26. The molecule has 2 heterocycles. The first-order chi connectivity index (χ1) is 12.1. The van der Waals surface area contributed by atoms with Crippen LogP contribution in [-0.4, -0.2) is 10.1 Å². The molecular weight excluding hydrogens is 336 g/mol. The van der Waals surface area contributed by atoms with E-state index in [1.807, 2.05) is 24.3 Å². The molecule has 5 nitrogen and oxygen atoms in total. The Labute approximate surface area is 151 Å². The largest absolute Gasteiger partial charge is 0.337 e. The monoisotopic (exact) mass is 354 g/mol. The molecule has 0 bridgehead atoms. The highest BCUT2D eigenvalue weighted by Crippen LogP contribution is 2.31. The zero-order chi connectivity index (χ0) is 17.4. The van der Waals surface area contributed by atoms with Crippen molar-refractivity contribution in [1.29, 1.82) is 0 Å². The zero-order valence-corrected chi connectivity index (χ0v) is 14.8. The molecule has 1 fully saturated rings. The summed E-state index contributed by atoms with van der Waals surface area (Å²) in [5.41, 5.74) is 11.3. The standard InChI is InChI=1S/C19H19ClN4O/c1-11-3-4-14(9-12(11)2)16-10-17(23-22-16)19-21-18(24-25-19)13-5-7-15(20)8-6-13/h3-9,16-17,22-23H,10H2,1-2H3. The molecule has 2 unspecified atom stereocenters. The van der Waals surface area contributed by atoms with Gasteiger partial charge in [-0.15, -0.1) is 0 Å². The number of hydrogen-bond acceptors (Lipinski definition) is 5. The lowest BCUT2D eigenvalue weighted by Gasteiger charge is -2.11. The predicted molar refractivity (Wildman–Crippen MR) is 97.0 cm³/mol. The van der Waals surface area contributed by atoms with Crippen molar-refractivity contribution < 1.29 is 4.52 Å². The molecule has 0 spiro atoms. The molecular formula is C19H19ClN4O. The number of hydrazine groups is 1. The Morgan fingerprint density at radius 1 is 1.00 bits per heavy atom. The van der Waals surface area contributed by atoms with Crippen LogP contribution >= 0.6 is 11.6 Å². The van der Waals surface area contributed by atoms with Crippen molar-refractivity contribution in [2.75, 3.05) is 0 Å². The normalized spacial score (nSPS) is 20.1. The Bertz CT molecular complexity index is 891. The molecule has 1 aliphatic rings. The second-order valence-corrected chi connectivity index (χ2v) is 6.87. The second kappa shape index (κ2) is 6.59. The molecule has 0 radical (unpaired) electrons. The highest BCUT2D eigenvalue weighted by atomic mass is 35.5. The minimum absolute atomic E-state index is 0.0137. The molecule has 2 atom stereocenters. The fourth-order valence-electron chi connectivity index (χ4n) is 3.01. The van der Waals surface area contributed by atoms with E-state index in [2.05, 4.69) is 53.0 Å². The molecule has 1 aromatic heterocycles. The number of aromatic nitrogens is 2. The Hall–Kier alpha value is -2.21. The van der Waals surface area contributed by atoms with Crippen LogP contribution in [0.1, 0.15) is 41.1 Å². The van der Waals surface area contributed by atoms with Gasteiger partial charge in [0.1, 0.15) is 6.04 Å². The summed E-state index contributed by atoms with van der Waals surface area (Å²) in [6.07, 6.45) is 0.852. The van der Waals surface area contributed by atoms with E-state index in [1.54, 1.807) is 0 Å². The number of halogens is 1. The van der Waals surface area contributed by atoms with E-state index in [4.69, 9.17) is 16.1 Å². The molecule has 1 saturated heterocycles. The van der Waals surface area contributed by atoms with Crippen LogP contribution in [0.4, 0.5) is 0 Å². The molecule has 6 heteroatoms. The summed E-state index contributed by atoms with van der Waals surface area (Å²) >= 11 is 5.92. The fraction of sp³-hybridized carbons (Fsp3) is 0.263. The number of nitrogens with zero attached hydrogens (tertiary/aromatic N) is 2. The van der Waals surface area contributed by atoms with Gasteiger partial charge in [0.15, 0.2) is 0 Å². The van der Waals surface area contributed by atoms with Crippen LogP contribution in [0.3, 0.4) is 0 Å². The average Bonchev–Trinajstić information content (AvgIpc) is 3.27. The van der Waals surface area contributed by atoms with Gasteiger partial charge in [0, 0.05) is 16.6 Å². The van der Waals surface area contributed by atoms with Crippen LogP contribution in [0.2, 0.25) is 5.02 Å². The van der Waals surface area contributed by atoms with Gasteiger partial charge in [0.25, 0.3) is 0 Å². The molecule has 2 aromatic carbocycles. The van der Waals surface area contributed by atoms with Crippen LogP contribution in [0.25, 0.3) is 11.4 Å². The Balaban J connectivity index is 1.50. The van der Waals surface area contributed by atoms with Gasteiger partial charge in [-0.25, -0.2) is 10.9 Å². The molecule has 25 heavy (non-hydrogen) atoms. The molecule has 0 aliphatic carbocycles. The number of nitrogens with one attached hydrogen (secondary N) is 2. The van der Waals surface area contributed by atoms with E-state index in [9.17, 15) is 0 Å². The zero-order valence-electron chi connectivity index (χ0n) is 14.1. The predicted octanol–water partition coefficient (Wildman–Crippen LogP) is 4.29. The van der Waals surface area contributed by atoms with Crippen LogP contribution in [-0.2, 0) is 0 Å². The second-order valence-electron chi connectivity index (χ2n) is 6.44. The first kappa shape index (κ1) is 16.3. The highest BCUT2D eigenvalue weighted by molar-refractivity contribution is 6.30. The average molecular weight is 355 g/mol. The molecule has 1 aliphatic heterocycles. The van der Waals surface area contributed by atoms with Crippen molar-refractivity contribution in [3.8, 4) is 11.4 Å². The Kier molecular flexibility index (Phi) is 4.29. The van der Waals surface area contributed by atoms with Crippen molar-refractivity contribution in [1.82, 2.24) is 21.0 Å². The van der Waals surface area contributed by atoms with E-state index < -0.39 is 0 Å². The maximum Gasteiger partial charge on any atom is 0.245 e. The van der Waals surface area contributed by atoms with Crippen molar-refractivity contribution in [2.24, 2.45) is 0 Å². The summed E-state index contributed by atoms with van der Waals surface area (Å²) in [5.74, 6) is 1.16. The van der Waals surface area contributed by atoms with Crippen LogP contribution in [0, 0.1) is 13.8 Å². The summed E-state index contributed by atoms with van der Waals surface area (Å²) in [7, 11) is 0. The lowest BCUT2D eigenvalue weighted by atomic mass is 9.98. The summed E-state index contributed by atoms with van der Waals surface area (Å²) in [5, 5.41) is 4.77. The fourth-order valence-corrected chi connectivity index (χ4v) is 3.14. The molecule has 0 amide bonds. The van der Waals surface area contributed by atoms with Gasteiger partial charge >= 0.3 is 0 Å². The van der Waals surface area contributed by atoms with Gasteiger partial charge in [-0.05, 0) is 61.2 Å². The molecule has 2 N–H and O–H groups in total. The van der Waals surface area contributed by atoms with Gasteiger partial charge < -0.3 is 4.52 Å². The Morgan fingerprint density at radius 3 is 2.52 bits per heavy atom. The minimum atomic E-state index is -0.0137. The van der Waals surface area contributed by atoms with Crippen LogP contribution < -0.4 is 10.9 Å². The number of hydrogen-bond donors (Lipinski definition) is 2. The van der Waals surface area contributed by atoms with Gasteiger partial charge in [0.2, 0.25) is 11.7 Å². The molecule has 128 valence electrons. The Morgan fingerprint density at radius 2 is 1.76 bits per heavy atom. The topological polar surface area (TPSA) is 63.0 Å². The minimum Gasteiger partial charge on any atom is -0.337 e. The van der Waals surface area contributed by atoms with Crippen molar-refractivity contribution >= 4 is 11.6 Å². The van der Waals surface area contributed by atoms with Crippen molar-refractivity contribution in [2.45, 2.75) is 32.4 Å². The maximum absolute atomic E-state index is 5.92. The number of aryl methyl sites for hydroxylation is 2. The van der Waals surface area contributed by atoms with E-state index >= 15 is 0 Å². The SMILES string of the molecule is Cc1ccc(C2CC(c3nc(-c4ccc(Cl)cc4)no3)NN2)cc1C. The van der Waals surface area contributed by atoms with E-state index in [0.717, 1.165) is 12.0 Å². The maximum atomic E-state index is 5.92. The lowest BCUT2D eigenvalue weighted by molar-refractivity contribution is 0.340. The van der Waals surface area contributed by atoms with Gasteiger partial charge in [-0.2, -0.15) is 4.98 Å². The van der Waals surface area contributed by atoms with Crippen molar-refractivity contribution in [3.05, 3.63) is 70.1 Å². The first-order valence-electron chi connectivity index (χ1n) is 8.28. The smallest absolute Gasteiger partial charge is 0.245 e. The van der Waals surface area contributed by atoms with Gasteiger partial charge in [-0.3, -0.25) is 0 Å².